The van der Waals surface area contributed by atoms with Crippen LogP contribution in [0.1, 0.15) is 11.1 Å². The highest BCUT2D eigenvalue weighted by molar-refractivity contribution is 7.80. The third-order valence-corrected chi connectivity index (χ3v) is 1.75. The van der Waals surface area contributed by atoms with Crippen LogP contribution < -0.4 is 5.73 Å². The van der Waals surface area contributed by atoms with E-state index in [0.29, 0.717) is 0 Å². The van der Waals surface area contributed by atoms with Crippen LogP contribution in [0.15, 0.2) is 18.2 Å². The van der Waals surface area contributed by atoms with Gasteiger partial charge in [0.15, 0.2) is 0 Å². The van der Waals surface area contributed by atoms with Crippen molar-refractivity contribution in [2.45, 2.75) is 6.18 Å². The highest BCUT2D eigenvalue weighted by atomic mass is 32.1. The maximum absolute atomic E-state index is 12.4. The molecule has 0 aromatic heterocycles. The number of halogens is 3. The van der Waals surface area contributed by atoms with E-state index in [9.17, 15) is 13.2 Å². The van der Waals surface area contributed by atoms with Crippen molar-refractivity contribution in [3.8, 4) is 11.8 Å². The monoisotopic (exact) mass is 231 g/mol. The van der Waals surface area contributed by atoms with Crippen LogP contribution in [-0.4, -0.2) is 5.75 Å². The van der Waals surface area contributed by atoms with Gasteiger partial charge in [-0.25, -0.2) is 0 Å². The molecule has 0 saturated heterocycles. The van der Waals surface area contributed by atoms with Gasteiger partial charge < -0.3 is 5.73 Å². The predicted octanol–water partition coefficient (Wildman–Crippen LogP) is 2.57. The van der Waals surface area contributed by atoms with Crippen LogP contribution in [0.4, 0.5) is 18.9 Å². The molecule has 0 heterocycles. The molecule has 5 heteroatoms. The quantitative estimate of drug-likeness (QED) is 0.400. The molecule has 0 bridgehead atoms. The summed E-state index contributed by atoms with van der Waals surface area (Å²) in [6.45, 7) is 0. The third kappa shape index (κ3) is 3.40. The van der Waals surface area contributed by atoms with Crippen molar-refractivity contribution in [2.24, 2.45) is 0 Å². The average molecular weight is 231 g/mol. The minimum atomic E-state index is -4.40. The van der Waals surface area contributed by atoms with Gasteiger partial charge in [-0.15, -0.1) is 0 Å². The molecule has 0 saturated carbocycles. The van der Waals surface area contributed by atoms with Gasteiger partial charge in [0, 0.05) is 11.3 Å². The maximum atomic E-state index is 12.4. The molecule has 0 unspecified atom stereocenters. The molecule has 2 N–H and O–H groups in total. The van der Waals surface area contributed by atoms with E-state index >= 15 is 0 Å². The summed E-state index contributed by atoms with van der Waals surface area (Å²) in [4.78, 5) is 0. The Morgan fingerprint density at radius 3 is 2.47 bits per heavy atom. The summed E-state index contributed by atoms with van der Waals surface area (Å²) in [6, 6.07) is 3.24. The molecular weight excluding hydrogens is 223 g/mol. The van der Waals surface area contributed by atoms with E-state index in [2.05, 4.69) is 24.5 Å². The minimum Gasteiger partial charge on any atom is -0.399 e. The summed E-state index contributed by atoms with van der Waals surface area (Å²) in [5.74, 6) is 5.39. The molecule has 0 spiro atoms. The summed E-state index contributed by atoms with van der Waals surface area (Å²) in [5.41, 5.74) is 4.85. The van der Waals surface area contributed by atoms with Gasteiger partial charge in [0.25, 0.3) is 0 Å². The van der Waals surface area contributed by atoms with Gasteiger partial charge in [0.05, 0.1) is 11.3 Å². The largest absolute Gasteiger partial charge is 0.416 e. The first kappa shape index (κ1) is 11.8. The predicted molar refractivity (Wildman–Crippen MR) is 56.6 cm³/mol. The molecule has 80 valence electrons. The van der Waals surface area contributed by atoms with Crippen LogP contribution in [0.25, 0.3) is 0 Å². The van der Waals surface area contributed by atoms with Crippen LogP contribution in [0.3, 0.4) is 0 Å². The fraction of sp³-hybridized carbons (Fsp3) is 0.200. The van der Waals surface area contributed by atoms with Crippen molar-refractivity contribution >= 4 is 18.3 Å². The zero-order valence-corrected chi connectivity index (χ0v) is 8.49. The van der Waals surface area contributed by atoms with E-state index in [1.165, 1.54) is 6.07 Å². The van der Waals surface area contributed by atoms with E-state index in [4.69, 9.17) is 5.73 Å². The van der Waals surface area contributed by atoms with Gasteiger partial charge in [-0.1, -0.05) is 11.8 Å². The summed E-state index contributed by atoms with van der Waals surface area (Å²) >= 11 is 3.83. The molecule has 1 aromatic carbocycles. The number of nitrogen functional groups attached to an aromatic ring is 1. The van der Waals surface area contributed by atoms with E-state index in [-0.39, 0.29) is 17.0 Å². The van der Waals surface area contributed by atoms with Crippen molar-refractivity contribution in [1.29, 1.82) is 0 Å². The second-order valence-corrected chi connectivity index (χ2v) is 3.12. The van der Waals surface area contributed by atoms with E-state index < -0.39 is 11.7 Å². The smallest absolute Gasteiger partial charge is 0.399 e. The molecule has 0 aliphatic heterocycles. The third-order valence-electron chi connectivity index (χ3n) is 1.59. The van der Waals surface area contributed by atoms with E-state index in [1.807, 2.05) is 0 Å². The first-order valence-corrected chi connectivity index (χ1v) is 4.64. The Balaban J connectivity index is 3.17. The summed E-state index contributed by atoms with van der Waals surface area (Å²) < 4.78 is 37.1. The fourth-order valence-electron chi connectivity index (χ4n) is 1.03. The number of benzene rings is 1. The molecule has 0 radical (unpaired) electrons. The fourth-order valence-corrected chi connectivity index (χ4v) is 1.11. The maximum Gasteiger partial charge on any atom is 0.416 e. The first-order chi connectivity index (χ1) is 6.93. The number of hydrogen-bond acceptors (Lipinski definition) is 2. The van der Waals surface area contributed by atoms with Gasteiger partial charge in [-0.2, -0.15) is 25.8 Å². The van der Waals surface area contributed by atoms with Crippen LogP contribution in [-0.2, 0) is 6.18 Å². The Morgan fingerprint density at radius 1 is 1.27 bits per heavy atom. The summed E-state index contributed by atoms with van der Waals surface area (Å²) in [7, 11) is 0. The van der Waals surface area contributed by atoms with Crippen molar-refractivity contribution < 1.29 is 13.2 Å². The molecule has 1 nitrogen and oxygen atoms in total. The van der Waals surface area contributed by atoms with Crippen LogP contribution >= 0.6 is 12.6 Å². The molecule has 15 heavy (non-hydrogen) atoms. The lowest BCUT2D eigenvalue weighted by atomic mass is 10.1. The SMILES string of the molecule is Nc1cc(C#CCS)cc(C(F)(F)F)c1. The van der Waals surface area contributed by atoms with Crippen LogP contribution in [0.2, 0.25) is 0 Å². The highest BCUT2D eigenvalue weighted by Gasteiger charge is 2.30. The normalized spacial score (nSPS) is 10.7. The highest BCUT2D eigenvalue weighted by Crippen LogP contribution is 2.31. The molecule has 0 fully saturated rings. The zero-order chi connectivity index (χ0) is 11.5. The first-order valence-electron chi connectivity index (χ1n) is 4.01. The summed E-state index contributed by atoms with van der Waals surface area (Å²) in [6.07, 6.45) is -4.40. The second kappa shape index (κ2) is 4.49. The van der Waals surface area contributed by atoms with Gasteiger partial charge in [0.2, 0.25) is 0 Å². The number of rotatable bonds is 0. The number of hydrogen-bond donors (Lipinski definition) is 2. The number of anilines is 1. The Morgan fingerprint density at radius 2 is 1.93 bits per heavy atom. The van der Waals surface area contributed by atoms with Gasteiger partial charge >= 0.3 is 6.18 Å². The number of thiol groups is 1. The Hall–Kier alpha value is -1.28. The van der Waals surface area contributed by atoms with Crippen LogP contribution in [0, 0.1) is 11.8 Å². The minimum absolute atomic E-state index is 0.0493. The zero-order valence-electron chi connectivity index (χ0n) is 7.60. The average Bonchev–Trinajstić information content (AvgIpc) is 2.12. The lowest BCUT2D eigenvalue weighted by Gasteiger charge is -2.07. The number of alkyl halides is 3. The molecule has 1 aromatic rings. The molecule has 0 aliphatic rings. The molecule has 0 aliphatic carbocycles. The second-order valence-electron chi connectivity index (χ2n) is 2.80. The lowest BCUT2D eigenvalue weighted by Crippen LogP contribution is -2.06. The van der Waals surface area contributed by atoms with Crippen molar-refractivity contribution in [1.82, 2.24) is 0 Å². The Labute approximate surface area is 90.9 Å². The lowest BCUT2D eigenvalue weighted by molar-refractivity contribution is -0.137. The topological polar surface area (TPSA) is 26.0 Å². The van der Waals surface area contributed by atoms with Crippen molar-refractivity contribution in [3.63, 3.8) is 0 Å². The summed E-state index contributed by atoms with van der Waals surface area (Å²) in [5, 5.41) is 0. The standard InChI is InChI=1S/C10H8F3NS/c11-10(12,13)8-4-7(2-1-3-15)5-9(14)6-8/h4-6,15H,3,14H2. The van der Waals surface area contributed by atoms with Crippen molar-refractivity contribution in [3.05, 3.63) is 29.3 Å². The van der Waals surface area contributed by atoms with E-state index in [0.717, 1.165) is 12.1 Å². The molecule has 1 rings (SSSR count). The van der Waals surface area contributed by atoms with Gasteiger partial charge in [0.1, 0.15) is 0 Å². The Kier molecular flexibility index (Phi) is 3.53. The molecule has 0 amide bonds. The van der Waals surface area contributed by atoms with Crippen molar-refractivity contribution in [2.75, 3.05) is 11.5 Å². The number of nitrogens with two attached hydrogens (primary N) is 1. The van der Waals surface area contributed by atoms with Crippen LogP contribution in [0.5, 0.6) is 0 Å². The Bertz CT molecular complexity index is 415. The molecular formula is C10H8F3NS. The van der Waals surface area contributed by atoms with Gasteiger partial charge in [-0.05, 0) is 18.2 Å². The van der Waals surface area contributed by atoms with E-state index in [1.54, 1.807) is 0 Å². The molecule has 0 atom stereocenters. The van der Waals surface area contributed by atoms with Gasteiger partial charge in [-0.3, -0.25) is 0 Å².